The van der Waals surface area contributed by atoms with Crippen molar-refractivity contribution >= 4 is 17.7 Å². The normalized spacial score (nSPS) is 16.7. The summed E-state index contributed by atoms with van der Waals surface area (Å²) in [4.78, 5) is 41.8. The summed E-state index contributed by atoms with van der Waals surface area (Å²) in [6, 6.07) is 4.33. The van der Waals surface area contributed by atoms with Gasteiger partial charge in [0.15, 0.2) is 11.5 Å². The van der Waals surface area contributed by atoms with E-state index in [1.54, 1.807) is 28.0 Å². The van der Waals surface area contributed by atoms with E-state index in [2.05, 4.69) is 5.32 Å². The number of ether oxygens (including phenoxy) is 3. The standard InChI is InChI=1S/C22H31N3O6/c1-4-24(5-2)22(28)20(15-8-10-25(11-9-15)19(26)13-29-3)23-21(27)16-6-7-17-18(12-16)31-14-30-17/h6-7,12,15,20H,4-5,8-11,13-14H2,1-3H3,(H,23,27)/t20-/m0/s1. The Labute approximate surface area is 182 Å². The van der Waals surface area contributed by atoms with Crippen molar-refractivity contribution in [2.45, 2.75) is 32.7 Å². The molecule has 1 fully saturated rings. The van der Waals surface area contributed by atoms with Crippen LogP contribution in [-0.4, -0.2) is 80.3 Å². The summed E-state index contributed by atoms with van der Waals surface area (Å²) in [6.07, 6.45) is 1.27. The number of rotatable bonds is 8. The van der Waals surface area contributed by atoms with Crippen molar-refractivity contribution in [1.82, 2.24) is 15.1 Å². The monoisotopic (exact) mass is 433 g/mol. The molecule has 0 aliphatic carbocycles. The van der Waals surface area contributed by atoms with Crippen LogP contribution >= 0.6 is 0 Å². The van der Waals surface area contributed by atoms with Crippen LogP contribution in [0.4, 0.5) is 0 Å². The van der Waals surface area contributed by atoms with Gasteiger partial charge in [0, 0.05) is 38.9 Å². The fourth-order valence-corrected chi connectivity index (χ4v) is 4.07. The average Bonchev–Trinajstić information content (AvgIpc) is 3.26. The van der Waals surface area contributed by atoms with Crippen molar-refractivity contribution in [3.63, 3.8) is 0 Å². The highest BCUT2D eigenvalue weighted by Crippen LogP contribution is 2.32. The molecule has 0 radical (unpaired) electrons. The Balaban J connectivity index is 1.73. The van der Waals surface area contributed by atoms with Gasteiger partial charge in [-0.25, -0.2) is 0 Å². The van der Waals surface area contributed by atoms with Gasteiger partial charge in [-0.2, -0.15) is 0 Å². The lowest BCUT2D eigenvalue weighted by molar-refractivity contribution is -0.138. The van der Waals surface area contributed by atoms with E-state index in [9.17, 15) is 14.4 Å². The second-order valence-electron chi connectivity index (χ2n) is 7.68. The third-order valence-electron chi connectivity index (χ3n) is 5.89. The van der Waals surface area contributed by atoms with E-state index in [-0.39, 0.29) is 37.0 Å². The maximum Gasteiger partial charge on any atom is 0.252 e. The smallest absolute Gasteiger partial charge is 0.252 e. The van der Waals surface area contributed by atoms with E-state index in [0.29, 0.717) is 56.1 Å². The Kier molecular flexibility index (Phi) is 7.73. The van der Waals surface area contributed by atoms with Gasteiger partial charge in [0.25, 0.3) is 5.91 Å². The molecule has 0 spiro atoms. The number of piperidine rings is 1. The van der Waals surface area contributed by atoms with Crippen LogP contribution in [0.15, 0.2) is 18.2 Å². The Bertz CT molecular complexity index is 802. The van der Waals surface area contributed by atoms with Crippen LogP contribution in [0.1, 0.15) is 37.0 Å². The Morgan fingerprint density at radius 3 is 2.48 bits per heavy atom. The number of nitrogens with one attached hydrogen (secondary N) is 1. The maximum atomic E-state index is 13.2. The largest absolute Gasteiger partial charge is 0.454 e. The molecule has 0 unspecified atom stereocenters. The van der Waals surface area contributed by atoms with Crippen molar-refractivity contribution in [3.8, 4) is 11.5 Å². The molecule has 0 saturated carbocycles. The van der Waals surface area contributed by atoms with Gasteiger partial charge in [0.1, 0.15) is 12.6 Å². The first-order valence-corrected chi connectivity index (χ1v) is 10.7. The third kappa shape index (κ3) is 5.28. The second-order valence-corrected chi connectivity index (χ2v) is 7.68. The lowest BCUT2D eigenvalue weighted by Crippen LogP contribution is -2.55. The Morgan fingerprint density at radius 2 is 1.84 bits per heavy atom. The molecule has 2 aliphatic heterocycles. The Morgan fingerprint density at radius 1 is 1.16 bits per heavy atom. The van der Waals surface area contributed by atoms with Crippen molar-refractivity contribution in [3.05, 3.63) is 23.8 Å². The summed E-state index contributed by atoms with van der Waals surface area (Å²) in [7, 11) is 1.50. The number of methoxy groups -OCH3 is 1. The number of hydrogen-bond acceptors (Lipinski definition) is 6. The molecule has 170 valence electrons. The number of benzene rings is 1. The van der Waals surface area contributed by atoms with Crippen molar-refractivity contribution in [2.24, 2.45) is 5.92 Å². The van der Waals surface area contributed by atoms with Gasteiger partial charge < -0.3 is 29.3 Å². The van der Waals surface area contributed by atoms with E-state index >= 15 is 0 Å². The molecule has 2 heterocycles. The molecule has 31 heavy (non-hydrogen) atoms. The zero-order chi connectivity index (χ0) is 22.4. The molecule has 0 aromatic heterocycles. The number of amides is 3. The minimum atomic E-state index is -0.655. The van der Waals surface area contributed by atoms with Crippen LogP contribution < -0.4 is 14.8 Å². The Hall–Kier alpha value is -2.81. The van der Waals surface area contributed by atoms with Gasteiger partial charge in [0.2, 0.25) is 18.6 Å². The van der Waals surface area contributed by atoms with Crippen molar-refractivity contribution in [2.75, 3.05) is 46.7 Å². The third-order valence-corrected chi connectivity index (χ3v) is 5.89. The van der Waals surface area contributed by atoms with E-state index in [0.717, 1.165) is 0 Å². The summed E-state index contributed by atoms with van der Waals surface area (Å²) in [5, 5.41) is 2.96. The summed E-state index contributed by atoms with van der Waals surface area (Å²) in [5.41, 5.74) is 0.411. The number of fused-ring (bicyclic) bond motifs is 1. The van der Waals surface area contributed by atoms with Gasteiger partial charge in [0.05, 0.1) is 0 Å². The quantitative estimate of drug-likeness (QED) is 0.663. The molecule has 1 aromatic carbocycles. The number of nitrogens with zero attached hydrogens (tertiary/aromatic N) is 2. The van der Waals surface area contributed by atoms with Gasteiger partial charge in [-0.05, 0) is 50.8 Å². The van der Waals surface area contributed by atoms with Gasteiger partial charge in [-0.15, -0.1) is 0 Å². The lowest BCUT2D eigenvalue weighted by Gasteiger charge is -2.37. The number of likely N-dealkylation sites (N-methyl/N-ethyl adjacent to an activating group) is 1. The molecule has 1 saturated heterocycles. The van der Waals surface area contributed by atoms with Crippen LogP contribution in [0.5, 0.6) is 11.5 Å². The fraction of sp³-hybridized carbons (Fsp3) is 0.591. The van der Waals surface area contributed by atoms with E-state index < -0.39 is 6.04 Å². The molecule has 0 bridgehead atoms. The summed E-state index contributed by atoms with van der Waals surface area (Å²) in [6.45, 7) is 6.23. The number of carbonyl (C=O) groups is 3. The minimum absolute atomic E-state index is 0.0489. The molecule has 3 amide bonds. The van der Waals surface area contributed by atoms with E-state index in [4.69, 9.17) is 14.2 Å². The van der Waals surface area contributed by atoms with Crippen molar-refractivity contribution in [1.29, 1.82) is 0 Å². The topological polar surface area (TPSA) is 97.4 Å². The first kappa shape index (κ1) is 22.9. The molecule has 9 nitrogen and oxygen atoms in total. The highest BCUT2D eigenvalue weighted by Gasteiger charge is 2.35. The maximum absolute atomic E-state index is 13.2. The molecule has 2 aliphatic rings. The molecular weight excluding hydrogens is 402 g/mol. The molecule has 1 N–H and O–H groups in total. The molecule has 1 atom stereocenters. The van der Waals surface area contributed by atoms with Crippen LogP contribution in [0.3, 0.4) is 0 Å². The molecular formula is C22H31N3O6. The first-order valence-electron chi connectivity index (χ1n) is 10.7. The fourth-order valence-electron chi connectivity index (χ4n) is 4.07. The van der Waals surface area contributed by atoms with E-state index in [1.807, 2.05) is 13.8 Å². The average molecular weight is 434 g/mol. The van der Waals surface area contributed by atoms with Crippen molar-refractivity contribution < 1.29 is 28.6 Å². The molecule has 3 rings (SSSR count). The second kappa shape index (κ2) is 10.5. The zero-order valence-corrected chi connectivity index (χ0v) is 18.4. The number of carbonyl (C=O) groups excluding carboxylic acids is 3. The predicted octanol–water partition coefficient (Wildman–Crippen LogP) is 1.27. The van der Waals surface area contributed by atoms with E-state index in [1.165, 1.54) is 7.11 Å². The highest BCUT2D eigenvalue weighted by atomic mass is 16.7. The minimum Gasteiger partial charge on any atom is -0.454 e. The summed E-state index contributed by atoms with van der Waals surface area (Å²) in [5.74, 6) is 0.571. The van der Waals surface area contributed by atoms with Crippen LogP contribution in [0.25, 0.3) is 0 Å². The first-order chi connectivity index (χ1) is 15.0. The predicted molar refractivity (Wildman–Crippen MR) is 113 cm³/mol. The van der Waals surface area contributed by atoms with Gasteiger partial charge >= 0.3 is 0 Å². The number of hydrogen-bond donors (Lipinski definition) is 1. The lowest BCUT2D eigenvalue weighted by atomic mass is 9.88. The summed E-state index contributed by atoms with van der Waals surface area (Å²) < 4.78 is 15.6. The van der Waals surface area contributed by atoms with Crippen LogP contribution in [0, 0.1) is 5.92 Å². The van der Waals surface area contributed by atoms with Gasteiger partial charge in [-0.3, -0.25) is 14.4 Å². The van der Waals surface area contributed by atoms with Crippen LogP contribution in [-0.2, 0) is 14.3 Å². The highest BCUT2D eigenvalue weighted by molar-refractivity contribution is 5.98. The van der Waals surface area contributed by atoms with Gasteiger partial charge in [-0.1, -0.05) is 0 Å². The molecule has 9 heteroatoms. The number of likely N-dealkylation sites (tertiary alicyclic amines) is 1. The zero-order valence-electron chi connectivity index (χ0n) is 18.4. The SMILES string of the molecule is CCN(CC)C(=O)[C@@H](NC(=O)c1ccc2c(c1)OCO2)C1CCN(C(=O)COC)CC1. The summed E-state index contributed by atoms with van der Waals surface area (Å²) >= 11 is 0. The molecule has 1 aromatic rings. The van der Waals surface area contributed by atoms with Crippen LogP contribution in [0.2, 0.25) is 0 Å².